The lowest BCUT2D eigenvalue weighted by atomic mass is 10.1. The Hall–Kier alpha value is -3.20. The zero-order valence-corrected chi connectivity index (χ0v) is 14.1. The average Bonchev–Trinajstić information content (AvgIpc) is 3.18. The highest BCUT2D eigenvalue weighted by molar-refractivity contribution is 5.65. The van der Waals surface area contributed by atoms with Crippen LogP contribution >= 0.6 is 0 Å². The molecule has 2 heterocycles. The topological polar surface area (TPSA) is 21.7 Å². The second-order valence-electron chi connectivity index (χ2n) is 6.45. The first-order valence-corrected chi connectivity index (χ1v) is 8.55. The zero-order valence-electron chi connectivity index (χ0n) is 14.1. The molecule has 0 radical (unpaired) electrons. The van der Waals surface area contributed by atoms with E-state index in [-0.39, 0.29) is 0 Å². The molecule has 4 aromatic rings. The van der Waals surface area contributed by atoms with Crippen molar-refractivity contribution in [1.82, 2.24) is 9.78 Å². The fourth-order valence-corrected chi connectivity index (χ4v) is 3.65. The van der Waals surface area contributed by atoms with Crippen molar-refractivity contribution in [1.29, 1.82) is 0 Å². The molecular formula is C22H18N3+. The van der Waals surface area contributed by atoms with Gasteiger partial charge in [-0.3, -0.25) is 0 Å². The Balaban J connectivity index is 1.85. The van der Waals surface area contributed by atoms with Crippen LogP contribution in [0, 0.1) is 6.92 Å². The van der Waals surface area contributed by atoms with Crippen molar-refractivity contribution in [3.05, 3.63) is 90.0 Å². The minimum absolute atomic E-state index is 0.824. The summed E-state index contributed by atoms with van der Waals surface area (Å²) in [7, 11) is 0. The van der Waals surface area contributed by atoms with Crippen molar-refractivity contribution in [3.63, 3.8) is 0 Å². The number of aromatic nitrogens is 3. The molecule has 3 heteroatoms. The number of aryl methyl sites for hydroxylation is 1. The third kappa shape index (κ3) is 2.13. The van der Waals surface area contributed by atoms with Crippen molar-refractivity contribution in [2.45, 2.75) is 13.5 Å². The number of nitrogens with zero attached hydrogens (tertiary/aromatic N) is 3. The number of para-hydroxylation sites is 1. The van der Waals surface area contributed by atoms with Gasteiger partial charge in [0.05, 0.1) is 11.1 Å². The van der Waals surface area contributed by atoms with Crippen LogP contribution in [-0.4, -0.2) is 9.78 Å². The Morgan fingerprint density at radius 2 is 1.48 bits per heavy atom. The predicted molar refractivity (Wildman–Crippen MR) is 98.5 cm³/mol. The molecule has 0 unspecified atom stereocenters. The smallest absolute Gasteiger partial charge is 0.190 e. The Kier molecular flexibility index (Phi) is 3.07. The second kappa shape index (κ2) is 5.42. The number of hydrogen-bond acceptors (Lipinski definition) is 1. The van der Waals surface area contributed by atoms with Gasteiger partial charge in [0, 0.05) is 10.7 Å². The van der Waals surface area contributed by atoms with E-state index in [0.717, 1.165) is 23.9 Å². The van der Waals surface area contributed by atoms with Crippen LogP contribution in [0.3, 0.4) is 0 Å². The van der Waals surface area contributed by atoms with Crippen molar-refractivity contribution in [3.8, 4) is 28.5 Å². The maximum Gasteiger partial charge on any atom is 0.314 e. The highest BCUT2D eigenvalue weighted by Crippen LogP contribution is 2.32. The molecule has 1 aliphatic rings. The SMILES string of the molecule is Cc1ccccc1-c1nn2c([n+]1-c1ccccc1)-c1ccccc1C2. The van der Waals surface area contributed by atoms with Crippen LogP contribution < -0.4 is 4.57 Å². The maximum absolute atomic E-state index is 4.99. The van der Waals surface area contributed by atoms with E-state index in [9.17, 15) is 0 Å². The van der Waals surface area contributed by atoms with Gasteiger partial charge in [0.2, 0.25) is 0 Å². The Bertz CT molecular complexity index is 1080. The van der Waals surface area contributed by atoms with E-state index in [1.54, 1.807) is 0 Å². The molecule has 0 bridgehead atoms. The Morgan fingerprint density at radius 1 is 0.800 bits per heavy atom. The molecule has 120 valence electrons. The van der Waals surface area contributed by atoms with E-state index in [0.29, 0.717) is 0 Å². The summed E-state index contributed by atoms with van der Waals surface area (Å²) in [6.45, 7) is 2.97. The fraction of sp³-hybridized carbons (Fsp3) is 0.0909. The summed E-state index contributed by atoms with van der Waals surface area (Å²) < 4.78 is 4.41. The lowest BCUT2D eigenvalue weighted by molar-refractivity contribution is -0.572. The van der Waals surface area contributed by atoms with E-state index in [1.165, 1.54) is 22.3 Å². The first kappa shape index (κ1) is 14.2. The van der Waals surface area contributed by atoms with Gasteiger partial charge in [0.25, 0.3) is 5.82 Å². The molecule has 0 fully saturated rings. The Labute approximate surface area is 146 Å². The van der Waals surface area contributed by atoms with Crippen LogP contribution in [0.5, 0.6) is 0 Å². The fourth-order valence-electron chi connectivity index (χ4n) is 3.65. The van der Waals surface area contributed by atoms with Gasteiger partial charge in [-0.05, 0) is 36.8 Å². The molecule has 3 nitrogen and oxygen atoms in total. The van der Waals surface area contributed by atoms with E-state index in [2.05, 4.69) is 95.0 Å². The van der Waals surface area contributed by atoms with Gasteiger partial charge >= 0.3 is 5.82 Å². The summed E-state index contributed by atoms with van der Waals surface area (Å²) in [5, 5.41) is 4.99. The summed E-state index contributed by atoms with van der Waals surface area (Å²) in [6, 6.07) is 27.5. The van der Waals surface area contributed by atoms with Crippen molar-refractivity contribution >= 4 is 0 Å². The van der Waals surface area contributed by atoms with Gasteiger partial charge in [-0.1, -0.05) is 54.6 Å². The molecule has 3 aromatic carbocycles. The van der Waals surface area contributed by atoms with Gasteiger partial charge in [-0.2, -0.15) is 4.57 Å². The van der Waals surface area contributed by atoms with Gasteiger partial charge in [0.15, 0.2) is 0 Å². The molecule has 0 amide bonds. The molecule has 1 aromatic heterocycles. The standard InChI is InChI=1S/C22H18N3/c1-16-9-5-7-13-19(16)21-23-24-15-17-10-6-8-14-20(17)22(24)25(21)18-11-3-2-4-12-18/h2-14H,15H2,1H3/q+1. The van der Waals surface area contributed by atoms with Crippen molar-refractivity contribution in [2.75, 3.05) is 0 Å². The normalized spacial score (nSPS) is 12.0. The van der Waals surface area contributed by atoms with Gasteiger partial charge in [0.1, 0.15) is 12.2 Å². The van der Waals surface area contributed by atoms with E-state index in [4.69, 9.17) is 5.10 Å². The molecule has 1 aliphatic heterocycles. The monoisotopic (exact) mass is 324 g/mol. The van der Waals surface area contributed by atoms with Crippen LogP contribution in [-0.2, 0) is 6.54 Å². The molecular weight excluding hydrogens is 306 g/mol. The van der Waals surface area contributed by atoms with Crippen LogP contribution in [0.2, 0.25) is 0 Å². The van der Waals surface area contributed by atoms with Gasteiger partial charge in [-0.25, -0.2) is 0 Å². The van der Waals surface area contributed by atoms with Crippen molar-refractivity contribution < 1.29 is 4.57 Å². The minimum Gasteiger partial charge on any atom is -0.190 e. The third-order valence-electron chi connectivity index (χ3n) is 4.86. The predicted octanol–water partition coefficient (Wildman–Crippen LogP) is 4.16. The van der Waals surface area contributed by atoms with Crippen LogP contribution in [0.25, 0.3) is 28.5 Å². The molecule has 0 atom stereocenters. The molecule has 0 N–H and O–H groups in total. The van der Waals surface area contributed by atoms with Gasteiger partial charge in [-0.15, -0.1) is 4.68 Å². The van der Waals surface area contributed by atoms with Gasteiger partial charge < -0.3 is 0 Å². The summed E-state index contributed by atoms with van der Waals surface area (Å²) in [6.07, 6.45) is 0. The summed E-state index contributed by atoms with van der Waals surface area (Å²) in [5.74, 6) is 2.15. The minimum atomic E-state index is 0.824. The number of hydrogen-bond donors (Lipinski definition) is 0. The van der Waals surface area contributed by atoms with Crippen molar-refractivity contribution in [2.24, 2.45) is 0 Å². The molecule has 5 rings (SSSR count). The maximum atomic E-state index is 4.99. The van der Waals surface area contributed by atoms with Crippen LogP contribution in [0.4, 0.5) is 0 Å². The quantitative estimate of drug-likeness (QED) is 0.447. The number of benzene rings is 3. The lowest BCUT2D eigenvalue weighted by Gasteiger charge is -2.06. The van der Waals surface area contributed by atoms with E-state index in [1.807, 2.05) is 0 Å². The summed E-state index contributed by atoms with van der Waals surface area (Å²) >= 11 is 0. The zero-order chi connectivity index (χ0) is 16.8. The molecule has 25 heavy (non-hydrogen) atoms. The molecule has 0 spiro atoms. The molecule has 0 aliphatic carbocycles. The van der Waals surface area contributed by atoms with Crippen LogP contribution in [0.15, 0.2) is 78.9 Å². The van der Waals surface area contributed by atoms with E-state index < -0.39 is 0 Å². The second-order valence-corrected chi connectivity index (χ2v) is 6.45. The molecule has 0 saturated carbocycles. The first-order valence-electron chi connectivity index (χ1n) is 8.55. The highest BCUT2D eigenvalue weighted by atomic mass is 15.4. The van der Waals surface area contributed by atoms with E-state index >= 15 is 0 Å². The highest BCUT2D eigenvalue weighted by Gasteiger charge is 2.35. The first-order chi connectivity index (χ1) is 12.3. The summed E-state index contributed by atoms with van der Waals surface area (Å²) in [4.78, 5) is 0. The molecule has 0 saturated heterocycles. The summed E-state index contributed by atoms with van der Waals surface area (Å²) in [5.41, 5.74) is 6.13. The average molecular weight is 324 g/mol. The number of fused-ring (bicyclic) bond motifs is 3. The third-order valence-corrected chi connectivity index (χ3v) is 4.86. The number of rotatable bonds is 2. The lowest BCUT2D eigenvalue weighted by Crippen LogP contribution is -2.34. The van der Waals surface area contributed by atoms with Crippen LogP contribution in [0.1, 0.15) is 11.1 Å². The Morgan fingerprint density at radius 3 is 2.28 bits per heavy atom. The largest absolute Gasteiger partial charge is 0.314 e.